The number of unbranched alkanes of at least 4 members (excludes halogenated alkanes) is 1. The van der Waals surface area contributed by atoms with E-state index in [1.165, 1.54) is 6.42 Å². The topological polar surface area (TPSA) is 126 Å². The molecule has 0 aliphatic heterocycles. The number of azo groups is 1. The van der Waals surface area contributed by atoms with Crippen molar-refractivity contribution in [1.29, 1.82) is 0 Å². The third-order valence-electron chi connectivity index (χ3n) is 4.84. The Kier molecular flexibility index (Phi) is 10.2. The van der Waals surface area contributed by atoms with Crippen LogP contribution in [0.25, 0.3) is 0 Å². The number of hydrogen-bond acceptors (Lipinski definition) is 8. The molecule has 1 fully saturated rings. The zero-order chi connectivity index (χ0) is 21.8. The molecule has 1 aromatic rings. The van der Waals surface area contributed by atoms with E-state index < -0.39 is 12.3 Å². The van der Waals surface area contributed by atoms with Crippen LogP contribution >= 0.6 is 0 Å². The van der Waals surface area contributed by atoms with E-state index in [9.17, 15) is 9.90 Å². The largest absolute Gasteiger partial charge is 0.446 e. The molecule has 1 unspecified atom stereocenters. The van der Waals surface area contributed by atoms with Crippen molar-refractivity contribution in [3.63, 3.8) is 0 Å². The lowest BCUT2D eigenvalue weighted by Gasteiger charge is -2.21. The van der Waals surface area contributed by atoms with Crippen molar-refractivity contribution in [3.05, 3.63) is 36.1 Å². The highest BCUT2D eigenvalue weighted by molar-refractivity contribution is 5.69. The number of amides is 1. The predicted molar refractivity (Wildman–Crippen MR) is 112 cm³/mol. The smallest absolute Gasteiger partial charge is 0.413 e. The second-order valence-corrected chi connectivity index (χ2v) is 7.29. The lowest BCUT2D eigenvalue weighted by Crippen LogP contribution is -2.29. The van der Waals surface area contributed by atoms with E-state index in [4.69, 9.17) is 4.74 Å². The molecule has 0 spiro atoms. The van der Waals surface area contributed by atoms with Crippen LogP contribution in [0.3, 0.4) is 0 Å². The molecule has 1 aliphatic rings. The summed E-state index contributed by atoms with van der Waals surface area (Å²) in [6, 6.07) is 0. The third-order valence-corrected chi connectivity index (χ3v) is 4.84. The Morgan fingerprint density at radius 1 is 1.40 bits per heavy atom. The van der Waals surface area contributed by atoms with E-state index in [1.54, 1.807) is 30.9 Å². The Labute approximate surface area is 177 Å². The Morgan fingerprint density at radius 3 is 2.87 bits per heavy atom. The summed E-state index contributed by atoms with van der Waals surface area (Å²) in [6.45, 7) is 6.37. The number of aromatic nitrogens is 3. The third kappa shape index (κ3) is 8.42. The first kappa shape index (κ1) is 23.7. The van der Waals surface area contributed by atoms with Gasteiger partial charge in [-0.3, -0.25) is 15.3 Å². The van der Waals surface area contributed by atoms with Gasteiger partial charge in [-0.15, -0.1) is 10.2 Å². The number of nitrogens with one attached hydrogen (secondary N) is 2. The minimum absolute atomic E-state index is 0.00803. The first-order chi connectivity index (χ1) is 14.5. The number of rotatable bonds is 11. The van der Waals surface area contributed by atoms with Crippen LogP contribution in [-0.4, -0.2) is 39.3 Å². The molecule has 1 amide bonds. The Bertz CT molecular complexity index is 739. The highest BCUT2D eigenvalue weighted by atomic mass is 16.6. The van der Waals surface area contributed by atoms with Crippen molar-refractivity contribution < 1.29 is 14.6 Å². The molecular weight excluding hydrogens is 386 g/mol. The van der Waals surface area contributed by atoms with Crippen molar-refractivity contribution in [2.45, 2.75) is 77.2 Å². The lowest BCUT2D eigenvalue weighted by atomic mass is 9.98. The van der Waals surface area contributed by atoms with Gasteiger partial charge >= 0.3 is 6.09 Å². The van der Waals surface area contributed by atoms with E-state index >= 15 is 0 Å². The number of hydrogen-bond donors (Lipinski definition) is 3. The normalized spacial score (nSPS) is 16.6. The zero-order valence-electron chi connectivity index (χ0n) is 17.9. The molecule has 0 radical (unpaired) electrons. The summed E-state index contributed by atoms with van der Waals surface area (Å²) in [4.78, 5) is 12.0. The monoisotopic (exact) mass is 419 g/mol. The van der Waals surface area contributed by atoms with Gasteiger partial charge in [0, 0.05) is 6.54 Å². The van der Waals surface area contributed by atoms with Gasteiger partial charge in [0.1, 0.15) is 11.8 Å². The summed E-state index contributed by atoms with van der Waals surface area (Å²) in [5.41, 5.74) is 1.12. The van der Waals surface area contributed by atoms with Gasteiger partial charge in [0.05, 0.1) is 11.9 Å². The van der Waals surface area contributed by atoms with E-state index in [0.29, 0.717) is 30.2 Å². The maximum Gasteiger partial charge on any atom is 0.413 e. The van der Waals surface area contributed by atoms with E-state index in [2.05, 4.69) is 37.8 Å². The molecule has 30 heavy (non-hydrogen) atoms. The molecule has 10 nitrogen and oxygen atoms in total. The van der Waals surface area contributed by atoms with Crippen LogP contribution in [0.5, 0.6) is 0 Å². The molecule has 0 saturated heterocycles. The van der Waals surface area contributed by atoms with E-state index in [-0.39, 0.29) is 6.10 Å². The van der Waals surface area contributed by atoms with Crippen molar-refractivity contribution in [3.8, 4) is 0 Å². The summed E-state index contributed by atoms with van der Waals surface area (Å²) in [7, 11) is 1.65. The fraction of sp³-hybridized carbons (Fsp3) is 0.650. The molecule has 2 rings (SSSR count). The second kappa shape index (κ2) is 12.9. The summed E-state index contributed by atoms with van der Waals surface area (Å²) >= 11 is 0. The maximum absolute atomic E-state index is 12.0. The highest BCUT2D eigenvalue weighted by Crippen LogP contribution is 2.20. The number of ether oxygens (including phenoxy) is 1. The Hall–Kier alpha value is -2.59. The van der Waals surface area contributed by atoms with Crippen molar-refractivity contribution in [2.24, 2.45) is 10.2 Å². The average Bonchev–Trinajstić information content (AvgIpc) is 3.23. The predicted octanol–water partition coefficient (Wildman–Crippen LogP) is 3.54. The van der Waals surface area contributed by atoms with Crippen LogP contribution in [0, 0.1) is 0 Å². The van der Waals surface area contributed by atoms with Crippen LogP contribution in [0.15, 0.2) is 40.6 Å². The molecule has 10 heteroatoms. The molecule has 1 aliphatic carbocycles. The van der Waals surface area contributed by atoms with Crippen LogP contribution in [-0.2, 0) is 11.3 Å². The Morgan fingerprint density at radius 2 is 2.17 bits per heavy atom. The number of aryl methyl sites for hydroxylation is 1. The average molecular weight is 420 g/mol. The fourth-order valence-electron chi connectivity index (χ4n) is 3.10. The van der Waals surface area contributed by atoms with Crippen molar-refractivity contribution in [2.75, 3.05) is 7.05 Å². The highest BCUT2D eigenvalue weighted by Gasteiger charge is 2.18. The van der Waals surface area contributed by atoms with Crippen LogP contribution < -0.4 is 10.6 Å². The van der Waals surface area contributed by atoms with Gasteiger partial charge in [-0.25, -0.2) is 4.79 Å². The minimum Gasteiger partial charge on any atom is -0.446 e. The fourth-order valence-corrected chi connectivity index (χ4v) is 3.10. The molecule has 3 N–H and O–H groups in total. The molecule has 0 aromatic carbocycles. The number of alkyl carbamates (subject to hydrolysis) is 1. The van der Waals surface area contributed by atoms with Gasteiger partial charge in [-0.05, 0) is 65.0 Å². The molecular formula is C20H33N7O3. The number of carbonyl (C=O) groups excluding carboxylic acids is 1. The molecule has 0 bridgehead atoms. The number of nitrogens with zero attached hydrogens (tertiary/aromatic N) is 5. The van der Waals surface area contributed by atoms with Crippen LogP contribution in [0.4, 0.5) is 4.79 Å². The van der Waals surface area contributed by atoms with E-state index in [1.807, 2.05) is 0 Å². The number of aliphatic hydroxyl groups is 1. The first-order valence-electron chi connectivity index (χ1n) is 10.5. The number of aliphatic hydroxyl groups excluding tert-OH is 1. The molecule has 166 valence electrons. The SMILES string of the molecule is C=C(CCCCn1cc(C(O)NC)nn1)N=N/C(=C\C)NC(=O)OC1CCCCC1. The van der Waals surface area contributed by atoms with Gasteiger partial charge in [-0.1, -0.05) is 18.2 Å². The van der Waals surface area contributed by atoms with Gasteiger partial charge < -0.3 is 9.84 Å². The zero-order valence-corrected chi connectivity index (χ0v) is 17.9. The summed E-state index contributed by atoms with van der Waals surface area (Å²) < 4.78 is 7.12. The standard InChI is InChI=1S/C20H33N7O3/c1-4-18(22-20(29)30-16-11-6-5-7-12-16)25-23-15(2)10-8-9-13-27-14-17(24-26-27)19(28)21-3/h4,14,16,19,21,28H,2,5-13H2,1,3H3,(H,22,29)/b18-4-,25-23?. The van der Waals surface area contributed by atoms with Gasteiger partial charge in [0.25, 0.3) is 0 Å². The van der Waals surface area contributed by atoms with Crippen molar-refractivity contribution >= 4 is 6.09 Å². The second-order valence-electron chi connectivity index (χ2n) is 7.29. The summed E-state index contributed by atoms with van der Waals surface area (Å²) in [6.07, 6.45) is 9.70. The number of carbonyl (C=O) groups is 1. The first-order valence-corrected chi connectivity index (χ1v) is 10.5. The van der Waals surface area contributed by atoms with Gasteiger partial charge in [-0.2, -0.15) is 5.11 Å². The minimum atomic E-state index is -0.812. The quantitative estimate of drug-likeness (QED) is 0.286. The van der Waals surface area contributed by atoms with Crippen molar-refractivity contribution in [1.82, 2.24) is 25.6 Å². The summed E-state index contributed by atoms with van der Waals surface area (Å²) in [5, 5.41) is 31.0. The van der Waals surface area contributed by atoms with Gasteiger partial charge in [0.15, 0.2) is 12.0 Å². The maximum atomic E-state index is 12.0. The molecule has 1 saturated carbocycles. The Balaban J connectivity index is 1.65. The van der Waals surface area contributed by atoms with E-state index in [0.717, 1.165) is 38.5 Å². The van der Waals surface area contributed by atoms with Gasteiger partial charge in [0.2, 0.25) is 0 Å². The molecule has 1 aromatic heterocycles. The lowest BCUT2D eigenvalue weighted by molar-refractivity contribution is 0.0772. The van der Waals surface area contributed by atoms with Crippen LogP contribution in [0.2, 0.25) is 0 Å². The number of allylic oxidation sites excluding steroid dienone is 2. The molecule has 1 heterocycles. The summed E-state index contributed by atoms with van der Waals surface area (Å²) in [5.74, 6) is 0.343. The molecule has 1 atom stereocenters. The van der Waals surface area contributed by atoms with Crippen LogP contribution in [0.1, 0.15) is 70.2 Å².